The van der Waals surface area contributed by atoms with Crippen molar-refractivity contribution in [3.63, 3.8) is 0 Å². The molecule has 0 spiro atoms. The third-order valence-corrected chi connectivity index (χ3v) is 2.68. The molecule has 1 heterocycles. The van der Waals surface area contributed by atoms with E-state index in [1.165, 1.54) is 25.7 Å². The summed E-state index contributed by atoms with van der Waals surface area (Å²) in [6.07, 6.45) is 5.16. The van der Waals surface area contributed by atoms with E-state index in [1.54, 1.807) is 6.92 Å². The maximum absolute atomic E-state index is 10.9. The number of rotatable bonds is 0. The zero-order valence-corrected chi connectivity index (χ0v) is 6.34. The summed E-state index contributed by atoms with van der Waals surface area (Å²) in [5.74, 6) is 0.275. The molecule has 0 aromatic heterocycles. The van der Waals surface area contributed by atoms with Gasteiger partial charge < -0.3 is 4.90 Å². The van der Waals surface area contributed by atoms with E-state index in [4.69, 9.17) is 0 Å². The van der Waals surface area contributed by atoms with Gasteiger partial charge in [0.25, 0.3) is 0 Å². The van der Waals surface area contributed by atoms with Gasteiger partial charge >= 0.3 is 0 Å². The second-order valence-electron chi connectivity index (χ2n) is 3.35. The van der Waals surface area contributed by atoms with Gasteiger partial charge in [0.2, 0.25) is 5.91 Å². The van der Waals surface area contributed by atoms with Crippen LogP contribution in [0, 0.1) is 0 Å². The molecular formula is C8H13NO. The Morgan fingerprint density at radius 2 is 1.80 bits per heavy atom. The SMILES string of the molecule is CC(=O)N1C2CCCCC21. The first-order chi connectivity index (χ1) is 4.80. The van der Waals surface area contributed by atoms with Crippen LogP contribution in [0.15, 0.2) is 0 Å². The molecule has 2 fully saturated rings. The summed E-state index contributed by atoms with van der Waals surface area (Å²) < 4.78 is 0. The molecular weight excluding hydrogens is 126 g/mol. The Bertz CT molecular complexity index is 155. The third-order valence-electron chi connectivity index (χ3n) is 2.68. The first-order valence-corrected chi connectivity index (χ1v) is 4.09. The largest absolute Gasteiger partial charge is 0.333 e. The number of fused-ring (bicyclic) bond motifs is 1. The zero-order chi connectivity index (χ0) is 7.14. The number of hydrogen-bond donors (Lipinski definition) is 0. The van der Waals surface area contributed by atoms with Gasteiger partial charge in [0.05, 0.1) is 12.1 Å². The van der Waals surface area contributed by atoms with E-state index in [2.05, 4.69) is 0 Å². The Morgan fingerprint density at radius 3 is 2.20 bits per heavy atom. The highest BCUT2D eigenvalue weighted by Crippen LogP contribution is 2.39. The monoisotopic (exact) mass is 139 g/mol. The highest BCUT2D eigenvalue weighted by atomic mass is 16.2. The Morgan fingerprint density at radius 1 is 1.30 bits per heavy atom. The summed E-state index contributed by atoms with van der Waals surface area (Å²) in [6.45, 7) is 1.68. The Labute approximate surface area is 61.2 Å². The van der Waals surface area contributed by atoms with Gasteiger partial charge in [-0.2, -0.15) is 0 Å². The Balaban J connectivity index is 1.99. The number of hydrogen-bond acceptors (Lipinski definition) is 1. The highest BCUT2D eigenvalue weighted by molar-refractivity contribution is 5.77. The van der Waals surface area contributed by atoms with Crippen LogP contribution in [0.4, 0.5) is 0 Å². The second kappa shape index (κ2) is 1.97. The Hall–Kier alpha value is -0.530. The van der Waals surface area contributed by atoms with Crippen LogP contribution in [-0.4, -0.2) is 22.9 Å². The van der Waals surface area contributed by atoms with Gasteiger partial charge in [0.1, 0.15) is 0 Å². The summed E-state index contributed by atoms with van der Waals surface area (Å²) in [6, 6.07) is 1.29. The minimum atomic E-state index is 0.275. The first kappa shape index (κ1) is 6.20. The van der Waals surface area contributed by atoms with Gasteiger partial charge in [-0.3, -0.25) is 4.79 Å². The van der Waals surface area contributed by atoms with Crippen molar-refractivity contribution in [2.24, 2.45) is 0 Å². The highest BCUT2D eigenvalue weighted by Gasteiger charge is 2.49. The molecule has 2 atom stereocenters. The van der Waals surface area contributed by atoms with Crippen molar-refractivity contribution < 1.29 is 4.79 Å². The van der Waals surface area contributed by atoms with Crippen molar-refractivity contribution in [1.82, 2.24) is 4.90 Å². The number of carbonyl (C=O) groups excluding carboxylic acids is 1. The Kier molecular flexibility index (Phi) is 1.22. The van der Waals surface area contributed by atoms with Gasteiger partial charge in [-0.25, -0.2) is 0 Å². The van der Waals surface area contributed by atoms with Crippen molar-refractivity contribution in [1.29, 1.82) is 0 Å². The summed E-state index contributed by atoms with van der Waals surface area (Å²) in [4.78, 5) is 12.9. The average molecular weight is 139 g/mol. The summed E-state index contributed by atoms with van der Waals surface area (Å²) in [7, 11) is 0. The van der Waals surface area contributed by atoms with E-state index in [0.29, 0.717) is 12.1 Å². The van der Waals surface area contributed by atoms with Gasteiger partial charge in [-0.05, 0) is 12.8 Å². The standard InChI is InChI=1S/C8H13NO/c1-6(10)9-7-4-2-3-5-8(7)9/h7-8H,2-5H2,1H3. The van der Waals surface area contributed by atoms with Gasteiger partial charge in [0, 0.05) is 6.92 Å². The molecule has 1 saturated carbocycles. The lowest BCUT2D eigenvalue weighted by molar-refractivity contribution is -0.124. The van der Waals surface area contributed by atoms with E-state index < -0.39 is 0 Å². The fourth-order valence-corrected chi connectivity index (χ4v) is 2.17. The molecule has 0 aromatic carbocycles. The van der Waals surface area contributed by atoms with Crippen molar-refractivity contribution in [2.45, 2.75) is 44.7 Å². The van der Waals surface area contributed by atoms with E-state index >= 15 is 0 Å². The van der Waals surface area contributed by atoms with E-state index in [0.717, 1.165) is 0 Å². The van der Waals surface area contributed by atoms with Crippen LogP contribution in [0.25, 0.3) is 0 Å². The third kappa shape index (κ3) is 0.746. The molecule has 0 N–H and O–H groups in total. The fourth-order valence-electron chi connectivity index (χ4n) is 2.17. The molecule has 56 valence electrons. The lowest BCUT2D eigenvalue weighted by atomic mass is 10.0. The molecule has 0 bridgehead atoms. The van der Waals surface area contributed by atoms with Gasteiger partial charge in [0.15, 0.2) is 0 Å². The predicted molar refractivity (Wildman–Crippen MR) is 38.6 cm³/mol. The molecule has 2 heteroatoms. The lowest BCUT2D eigenvalue weighted by Gasteiger charge is -2.01. The predicted octanol–water partition coefficient (Wildman–Crippen LogP) is 1.16. The van der Waals surface area contributed by atoms with Crippen molar-refractivity contribution >= 4 is 5.91 Å². The molecule has 2 nitrogen and oxygen atoms in total. The van der Waals surface area contributed by atoms with Crippen LogP contribution in [-0.2, 0) is 4.79 Å². The molecule has 0 aromatic rings. The maximum atomic E-state index is 10.9. The summed E-state index contributed by atoms with van der Waals surface area (Å²) in [5.41, 5.74) is 0. The lowest BCUT2D eigenvalue weighted by Crippen LogP contribution is -2.08. The van der Waals surface area contributed by atoms with Crippen molar-refractivity contribution in [2.75, 3.05) is 0 Å². The molecule has 1 saturated heterocycles. The van der Waals surface area contributed by atoms with Crippen LogP contribution in [0.2, 0.25) is 0 Å². The van der Waals surface area contributed by atoms with Crippen LogP contribution >= 0.6 is 0 Å². The number of nitrogens with zero attached hydrogens (tertiary/aromatic N) is 1. The quantitative estimate of drug-likeness (QED) is 0.461. The average Bonchev–Trinajstić information content (AvgIpc) is 2.60. The molecule has 2 aliphatic rings. The summed E-state index contributed by atoms with van der Waals surface area (Å²) in [5, 5.41) is 0. The zero-order valence-electron chi connectivity index (χ0n) is 6.34. The topological polar surface area (TPSA) is 20.1 Å². The summed E-state index contributed by atoms with van der Waals surface area (Å²) >= 11 is 0. The molecule has 1 aliphatic heterocycles. The smallest absolute Gasteiger partial charge is 0.220 e. The first-order valence-electron chi connectivity index (χ1n) is 4.09. The van der Waals surface area contributed by atoms with Crippen molar-refractivity contribution in [3.05, 3.63) is 0 Å². The van der Waals surface area contributed by atoms with Crippen LogP contribution in [0.1, 0.15) is 32.6 Å². The second-order valence-corrected chi connectivity index (χ2v) is 3.35. The molecule has 2 unspecified atom stereocenters. The van der Waals surface area contributed by atoms with Crippen LogP contribution in [0.5, 0.6) is 0 Å². The number of likely N-dealkylation sites (tertiary alicyclic amines) is 1. The van der Waals surface area contributed by atoms with Crippen molar-refractivity contribution in [3.8, 4) is 0 Å². The number of carbonyl (C=O) groups is 1. The van der Waals surface area contributed by atoms with Gasteiger partial charge in [-0.1, -0.05) is 12.8 Å². The minimum absolute atomic E-state index is 0.275. The molecule has 1 amide bonds. The van der Waals surface area contributed by atoms with Gasteiger partial charge in [-0.15, -0.1) is 0 Å². The molecule has 10 heavy (non-hydrogen) atoms. The van der Waals surface area contributed by atoms with E-state index in [9.17, 15) is 4.79 Å². The van der Waals surface area contributed by atoms with E-state index in [-0.39, 0.29) is 5.91 Å². The maximum Gasteiger partial charge on any atom is 0.220 e. The normalized spacial score (nSPS) is 37.1. The minimum Gasteiger partial charge on any atom is -0.333 e. The molecule has 0 radical (unpaired) electrons. The number of amides is 1. The molecule has 1 aliphatic carbocycles. The van der Waals surface area contributed by atoms with Crippen LogP contribution < -0.4 is 0 Å². The molecule has 2 rings (SSSR count). The fraction of sp³-hybridized carbons (Fsp3) is 0.875. The van der Waals surface area contributed by atoms with E-state index in [1.807, 2.05) is 4.90 Å². The van der Waals surface area contributed by atoms with Crippen LogP contribution in [0.3, 0.4) is 0 Å².